The van der Waals surface area contributed by atoms with Gasteiger partial charge in [-0.1, -0.05) is 30.3 Å². The van der Waals surface area contributed by atoms with Gasteiger partial charge in [-0.15, -0.1) is 0 Å². The van der Waals surface area contributed by atoms with Crippen LogP contribution in [0.25, 0.3) is 0 Å². The van der Waals surface area contributed by atoms with Crippen molar-refractivity contribution >= 4 is 23.5 Å². The topological polar surface area (TPSA) is 88.7 Å². The Balaban J connectivity index is 1.08. The van der Waals surface area contributed by atoms with Crippen molar-refractivity contribution in [2.75, 3.05) is 64.7 Å². The average molecular weight is 645 g/mol. The minimum absolute atomic E-state index is 0.0251. The highest BCUT2D eigenvalue weighted by Crippen LogP contribution is 2.29. The fraction of sp³-hybridized carbons (Fsp3) is 0.595. The second kappa shape index (κ2) is 15.1. The Kier molecular flexibility index (Phi) is 10.7. The molecule has 0 saturated carbocycles. The highest BCUT2D eigenvalue weighted by Gasteiger charge is 2.36. The monoisotopic (exact) mass is 644 g/mol. The summed E-state index contributed by atoms with van der Waals surface area (Å²) in [6.07, 6.45) is 4.17. The Morgan fingerprint density at radius 2 is 1.53 bits per heavy atom. The van der Waals surface area contributed by atoms with Crippen molar-refractivity contribution in [3.63, 3.8) is 0 Å². The summed E-state index contributed by atoms with van der Waals surface area (Å²) in [7, 11) is 2.18. The zero-order chi connectivity index (χ0) is 32.9. The van der Waals surface area contributed by atoms with Crippen LogP contribution in [-0.4, -0.2) is 120 Å². The number of hydrogen-bond donors (Lipinski definition) is 1. The number of anilines is 1. The lowest BCUT2D eigenvalue weighted by atomic mass is 9.91. The second-order valence-electron chi connectivity index (χ2n) is 14.1. The van der Waals surface area contributed by atoms with Crippen molar-refractivity contribution in [3.8, 4) is 5.75 Å². The summed E-state index contributed by atoms with van der Waals surface area (Å²) in [5.74, 6) is 0.467. The van der Waals surface area contributed by atoms with Gasteiger partial charge in [0.05, 0.1) is 12.0 Å². The molecule has 0 spiro atoms. The molecule has 3 fully saturated rings. The maximum absolute atomic E-state index is 14.2. The zero-order valence-corrected chi connectivity index (χ0v) is 28.4. The fourth-order valence-electron chi connectivity index (χ4n) is 7.73. The summed E-state index contributed by atoms with van der Waals surface area (Å²) < 4.78 is 5.94. The molecule has 6 rings (SSSR count). The first kappa shape index (κ1) is 33.3. The molecule has 4 heterocycles. The molecule has 2 aromatic rings. The van der Waals surface area contributed by atoms with Crippen LogP contribution in [0.5, 0.6) is 5.75 Å². The highest BCUT2D eigenvalue weighted by molar-refractivity contribution is 5.92. The molecule has 254 valence electrons. The van der Waals surface area contributed by atoms with Gasteiger partial charge in [-0.25, -0.2) is 4.79 Å². The lowest BCUT2D eigenvalue weighted by molar-refractivity contribution is -0.143. The number of likely N-dealkylation sites (N-methyl/N-ethyl adjacent to an activating group) is 1. The van der Waals surface area contributed by atoms with Gasteiger partial charge in [0.15, 0.2) is 0 Å². The van der Waals surface area contributed by atoms with Gasteiger partial charge < -0.3 is 29.7 Å². The standard InChI is InChI=1S/C37H52N6O4/c1-27(2)47-33-9-6-7-28(24-33)23-30(36(45)42-17-11-31(12-18-42)40-21-19-39(3)20-22-40)25-35(44)41-15-13-32(14-16-41)43-26-29-8-4-5-10-34(29)38-37(43)46/h4-10,24,27,30-32H,11-23,25-26H2,1-3H3,(H,38,46). The molecule has 1 unspecified atom stereocenters. The Morgan fingerprint density at radius 1 is 0.851 bits per heavy atom. The predicted octanol–water partition coefficient (Wildman–Crippen LogP) is 4.30. The Hall–Kier alpha value is -3.63. The number of piperidine rings is 2. The average Bonchev–Trinajstić information content (AvgIpc) is 3.08. The number of carbonyl (C=O) groups is 3. The SMILES string of the molecule is CC(C)Oc1cccc(CC(CC(=O)N2CCC(N3Cc4ccccc4NC3=O)CC2)C(=O)N2CCC(N3CCN(C)CC3)CC2)c1. The van der Waals surface area contributed by atoms with Crippen LogP contribution in [0.2, 0.25) is 0 Å². The van der Waals surface area contributed by atoms with Crippen LogP contribution >= 0.6 is 0 Å². The van der Waals surface area contributed by atoms with Crippen molar-refractivity contribution in [3.05, 3.63) is 59.7 Å². The number of rotatable bonds is 9. The molecule has 3 saturated heterocycles. The first-order valence-electron chi connectivity index (χ1n) is 17.6. The lowest BCUT2D eigenvalue weighted by Crippen LogP contribution is -2.54. The maximum Gasteiger partial charge on any atom is 0.322 e. The summed E-state index contributed by atoms with van der Waals surface area (Å²) >= 11 is 0. The molecular formula is C37H52N6O4. The third-order valence-corrected chi connectivity index (χ3v) is 10.5. The van der Waals surface area contributed by atoms with Crippen LogP contribution in [0, 0.1) is 5.92 Å². The number of nitrogens with zero attached hydrogens (tertiary/aromatic N) is 5. The van der Waals surface area contributed by atoms with Gasteiger partial charge >= 0.3 is 6.03 Å². The van der Waals surface area contributed by atoms with Crippen molar-refractivity contribution in [1.29, 1.82) is 0 Å². The number of likely N-dealkylation sites (tertiary alicyclic amines) is 2. The predicted molar refractivity (Wildman–Crippen MR) is 183 cm³/mol. The molecule has 1 N–H and O–H groups in total. The number of benzene rings is 2. The van der Waals surface area contributed by atoms with Gasteiger partial charge in [-0.05, 0) is 82.3 Å². The molecule has 0 aliphatic carbocycles. The molecule has 47 heavy (non-hydrogen) atoms. The Bertz CT molecular complexity index is 1390. The lowest BCUT2D eigenvalue weighted by Gasteiger charge is -2.43. The normalized spacial score (nSPS) is 21.0. The van der Waals surface area contributed by atoms with Gasteiger partial charge in [-0.3, -0.25) is 14.5 Å². The quantitative estimate of drug-likeness (QED) is 0.438. The van der Waals surface area contributed by atoms with Crippen molar-refractivity contribution < 1.29 is 19.1 Å². The van der Waals surface area contributed by atoms with E-state index in [0.717, 1.165) is 87.5 Å². The summed E-state index contributed by atoms with van der Waals surface area (Å²) in [6, 6.07) is 16.4. The smallest absolute Gasteiger partial charge is 0.322 e. The summed E-state index contributed by atoms with van der Waals surface area (Å²) in [5, 5.41) is 3.02. The molecule has 1 atom stereocenters. The number of para-hydroxylation sites is 1. The van der Waals surface area contributed by atoms with Crippen LogP contribution in [-0.2, 0) is 22.6 Å². The molecule has 2 aromatic carbocycles. The maximum atomic E-state index is 14.2. The fourth-order valence-corrected chi connectivity index (χ4v) is 7.73. The number of amides is 4. The van der Waals surface area contributed by atoms with Gasteiger partial charge in [0.1, 0.15) is 5.75 Å². The van der Waals surface area contributed by atoms with Crippen molar-refractivity contribution in [1.82, 2.24) is 24.5 Å². The first-order valence-corrected chi connectivity index (χ1v) is 17.6. The number of carbonyl (C=O) groups excluding carboxylic acids is 3. The van der Waals surface area contributed by atoms with Crippen LogP contribution in [0.15, 0.2) is 48.5 Å². The van der Waals surface area contributed by atoms with Crippen LogP contribution in [0.3, 0.4) is 0 Å². The van der Waals surface area contributed by atoms with E-state index in [-0.39, 0.29) is 36.4 Å². The van der Waals surface area contributed by atoms with E-state index in [4.69, 9.17) is 4.74 Å². The second-order valence-corrected chi connectivity index (χ2v) is 14.1. The van der Waals surface area contributed by atoms with E-state index in [0.29, 0.717) is 32.1 Å². The minimum atomic E-state index is -0.431. The molecular weight excluding hydrogens is 592 g/mol. The van der Waals surface area contributed by atoms with Crippen LogP contribution in [0.1, 0.15) is 57.1 Å². The number of urea groups is 1. The van der Waals surface area contributed by atoms with E-state index < -0.39 is 5.92 Å². The molecule has 0 aromatic heterocycles. The molecule has 4 amide bonds. The number of ether oxygens (including phenoxy) is 1. The Morgan fingerprint density at radius 3 is 2.26 bits per heavy atom. The third kappa shape index (κ3) is 8.27. The van der Waals surface area contributed by atoms with E-state index in [2.05, 4.69) is 28.2 Å². The van der Waals surface area contributed by atoms with Crippen LogP contribution in [0.4, 0.5) is 10.5 Å². The number of nitrogens with one attached hydrogen (secondary N) is 1. The van der Waals surface area contributed by atoms with Gasteiger partial charge in [0.2, 0.25) is 11.8 Å². The molecule has 0 radical (unpaired) electrons. The van der Waals surface area contributed by atoms with E-state index in [1.165, 1.54) is 0 Å². The van der Waals surface area contributed by atoms with Crippen molar-refractivity contribution in [2.24, 2.45) is 5.92 Å². The third-order valence-electron chi connectivity index (χ3n) is 10.5. The molecule has 10 nitrogen and oxygen atoms in total. The highest BCUT2D eigenvalue weighted by atomic mass is 16.5. The van der Waals surface area contributed by atoms with Gasteiger partial charge in [0, 0.05) is 83.1 Å². The molecule has 4 aliphatic heterocycles. The largest absolute Gasteiger partial charge is 0.491 e. The van der Waals surface area contributed by atoms with E-state index >= 15 is 0 Å². The van der Waals surface area contributed by atoms with Crippen LogP contribution < -0.4 is 10.1 Å². The minimum Gasteiger partial charge on any atom is -0.491 e. The number of piperazine rings is 1. The first-order chi connectivity index (χ1) is 22.7. The van der Waals surface area contributed by atoms with E-state index in [9.17, 15) is 14.4 Å². The molecule has 10 heteroatoms. The van der Waals surface area contributed by atoms with Gasteiger partial charge in [-0.2, -0.15) is 0 Å². The zero-order valence-electron chi connectivity index (χ0n) is 28.4. The number of hydrogen-bond acceptors (Lipinski definition) is 6. The number of fused-ring (bicyclic) bond motifs is 1. The molecule has 0 bridgehead atoms. The summed E-state index contributed by atoms with van der Waals surface area (Å²) in [5.41, 5.74) is 3.00. The summed E-state index contributed by atoms with van der Waals surface area (Å²) in [6.45, 7) is 11.6. The van der Waals surface area contributed by atoms with E-state index in [1.54, 1.807) is 0 Å². The molecule has 4 aliphatic rings. The summed E-state index contributed by atoms with van der Waals surface area (Å²) in [4.78, 5) is 51.7. The Labute approximate surface area is 280 Å². The van der Waals surface area contributed by atoms with Crippen molar-refractivity contribution in [2.45, 2.75) is 77.1 Å². The van der Waals surface area contributed by atoms with Gasteiger partial charge in [0.25, 0.3) is 0 Å². The van der Waals surface area contributed by atoms with E-state index in [1.807, 2.05) is 71.0 Å².